The molecule has 0 aromatic carbocycles. The molecule has 0 bridgehead atoms. The number of hydrogen-bond acceptors (Lipinski definition) is 8. The molecule has 1 aliphatic rings. The van der Waals surface area contributed by atoms with E-state index in [-0.39, 0.29) is 0 Å². The fourth-order valence-corrected chi connectivity index (χ4v) is 2.69. The minimum atomic E-state index is 0.499. The number of anilines is 2. The first-order valence-corrected chi connectivity index (χ1v) is 8.73. The van der Waals surface area contributed by atoms with E-state index in [4.69, 9.17) is 0 Å². The van der Waals surface area contributed by atoms with Crippen molar-refractivity contribution in [1.82, 2.24) is 29.7 Å². The zero-order valence-electron chi connectivity index (χ0n) is 12.9. The van der Waals surface area contributed by atoms with Crippen LogP contribution in [0, 0.1) is 0 Å². The van der Waals surface area contributed by atoms with E-state index in [9.17, 15) is 0 Å². The summed E-state index contributed by atoms with van der Waals surface area (Å²) in [6.45, 7) is 4.76. The molecule has 1 aliphatic heterocycles. The Balaban J connectivity index is 1.95. The quantitative estimate of drug-likeness (QED) is 0.832. The SMILES string of the molecule is CCNc1nc(N2CCCCC2)nc(-n2cnc(SC)n2)n1. The normalized spacial score (nSPS) is 15.1. The van der Waals surface area contributed by atoms with Crippen molar-refractivity contribution in [2.45, 2.75) is 31.3 Å². The molecule has 2 aromatic heterocycles. The summed E-state index contributed by atoms with van der Waals surface area (Å²) in [6.07, 6.45) is 7.21. The van der Waals surface area contributed by atoms with Crippen LogP contribution in [0.25, 0.3) is 5.95 Å². The smallest absolute Gasteiger partial charge is 0.258 e. The molecule has 0 radical (unpaired) electrons. The summed E-state index contributed by atoms with van der Waals surface area (Å²) in [4.78, 5) is 19.9. The highest BCUT2D eigenvalue weighted by atomic mass is 32.2. The van der Waals surface area contributed by atoms with Gasteiger partial charge < -0.3 is 10.2 Å². The number of nitrogens with zero attached hydrogens (tertiary/aromatic N) is 7. The van der Waals surface area contributed by atoms with Crippen molar-refractivity contribution in [3.8, 4) is 5.95 Å². The van der Waals surface area contributed by atoms with Crippen molar-refractivity contribution < 1.29 is 0 Å². The van der Waals surface area contributed by atoms with E-state index in [2.05, 4.69) is 35.3 Å². The van der Waals surface area contributed by atoms with Gasteiger partial charge in [-0.3, -0.25) is 0 Å². The van der Waals surface area contributed by atoms with Crippen LogP contribution in [0.15, 0.2) is 11.5 Å². The molecular formula is C13H20N8S. The third-order valence-corrected chi connectivity index (χ3v) is 4.00. The summed E-state index contributed by atoms with van der Waals surface area (Å²) in [5, 5.41) is 8.22. The molecule has 0 aliphatic carbocycles. The zero-order chi connectivity index (χ0) is 15.4. The first kappa shape index (κ1) is 15.0. The summed E-state index contributed by atoms with van der Waals surface area (Å²) >= 11 is 1.49. The van der Waals surface area contributed by atoms with Crippen LogP contribution < -0.4 is 10.2 Å². The van der Waals surface area contributed by atoms with Crippen LogP contribution >= 0.6 is 11.8 Å². The van der Waals surface area contributed by atoms with Gasteiger partial charge in [-0.05, 0) is 32.4 Å². The summed E-state index contributed by atoms with van der Waals surface area (Å²) in [5.41, 5.74) is 0. The van der Waals surface area contributed by atoms with E-state index >= 15 is 0 Å². The largest absolute Gasteiger partial charge is 0.354 e. The molecule has 3 rings (SSSR count). The van der Waals surface area contributed by atoms with Crippen LogP contribution in [0.3, 0.4) is 0 Å². The zero-order valence-corrected chi connectivity index (χ0v) is 13.7. The van der Waals surface area contributed by atoms with Crippen molar-refractivity contribution in [2.75, 3.05) is 36.1 Å². The number of piperidine rings is 1. The van der Waals surface area contributed by atoms with Gasteiger partial charge in [0.25, 0.3) is 5.95 Å². The highest BCUT2D eigenvalue weighted by molar-refractivity contribution is 7.98. The monoisotopic (exact) mass is 320 g/mol. The fourth-order valence-electron chi connectivity index (χ4n) is 2.37. The number of aromatic nitrogens is 6. The Morgan fingerprint density at radius 2 is 1.91 bits per heavy atom. The van der Waals surface area contributed by atoms with Crippen molar-refractivity contribution in [3.05, 3.63) is 6.33 Å². The molecule has 0 saturated carbocycles. The number of hydrogen-bond donors (Lipinski definition) is 1. The minimum Gasteiger partial charge on any atom is -0.354 e. The second kappa shape index (κ2) is 6.91. The van der Waals surface area contributed by atoms with E-state index in [1.54, 1.807) is 11.0 Å². The standard InChI is InChI=1S/C13H20N8S/c1-3-14-10-16-11(20-7-5-4-6-8-20)18-12(17-10)21-9-15-13(19-21)22-2/h9H,3-8H2,1-2H3,(H,14,16,17,18). The second-order valence-corrected chi connectivity index (χ2v) is 5.79. The van der Waals surface area contributed by atoms with E-state index in [1.165, 1.54) is 31.0 Å². The average Bonchev–Trinajstić information content (AvgIpc) is 3.05. The number of nitrogens with one attached hydrogen (secondary N) is 1. The summed E-state index contributed by atoms with van der Waals surface area (Å²) in [6, 6.07) is 0. The molecule has 1 fully saturated rings. The Bertz CT molecular complexity index is 622. The molecular weight excluding hydrogens is 300 g/mol. The first-order chi connectivity index (χ1) is 10.8. The van der Waals surface area contributed by atoms with Crippen molar-refractivity contribution in [2.24, 2.45) is 0 Å². The highest BCUT2D eigenvalue weighted by Gasteiger charge is 2.17. The molecule has 8 nitrogen and oxygen atoms in total. The summed E-state index contributed by atoms with van der Waals surface area (Å²) < 4.78 is 1.60. The highest BCUT2D eigenvalue weighted by Crippen LogP contribution is 2.18. The lowest BCUT2D eigenvalue weighted by molar-refractivity contribution is 0.566. The van der Waals surface area contributed by atoms with Gasteiger partial charge in [-0.1, -0.05) is 11.8 Å². The number of rotatable bonds is 5. The van der Waals surface area contributed by atoms with Gasteiger partial charge >= 0.3 is 0 Å². The molecule has 0 atom stereocenters. The maximum Gasteiger partial charge on any atom is 0.258 e. The van der Waals surface area contributed by atoms with Gasteiger partial charge in [0.2, 0.25) is 17.1 Å². The van der Waals surface area contributed by atoms with Crippen LogP contribution in [-0.2, 0) is 0 Å². The molecule has 1 saturated heterocycles. The van der Waals surface area contributed by atoms with Gasteiger partial charge in [-0.15, -0.1) is 5.10 Å². The van der Waals surface area contributed by atoms with Crippen molar-refractivity contribution in [1.29, 1.82) is 0 Å². The van der Waals surface area contributed by atoms with Crippen LogP contribution in [0.4, 0.5) is 11.9 Å². The second-order valence-electron chi connectivity index (χ2n) is 5.01. The molecule has 0 amide bonds. The Morgan fingerprint density at radius 3 is 2.59 bits per heavy atom. The molecule has 3 heterocycles. The molecule has 2 aromatic rings. The van der Waals surface area contributed by atoms with E-state index in [1.807, 2.05) is 13.2 Å². The average molecular weight is 320 g/mol. The maximum absolute atomic E-state index is 4.57. The van der Waals surface area contributed by atoms with Crippen molar-refractivity contribution in [3.63, 3.8) is 0 Å². The summed E-state index contributed by atoms with van der Waals surface area (Å²) in [7, 11) is 0. The lowest BCUT2D eigenvalue weighted by Crippen LogP contribution is -2.31. The molecule has 9 heteroatoms. The minimum absolute atomic E-state index is 0.499. The van der Waals surface area contributed by atoms with Gasteiger partial charge in [0.15, 0.2) is 0 Å². The van der Waals surface area contributed by atoms with E-state index < -0.39 is 0 Å². The van der Waals surface area contributed by atoms with Crippen LogP contribution in [0.1, 0.15) is 26.2 Å². The van der Waals surface area contributed by atoms with Gasteiger partial charge in [0, 0.05) is 19.6 Å². The van der Waals surface area contributed by atoms with Gasteiger partial charge in [0.05, 0.1) is 0 Å². The van der Waals surface area contributed by atoms with Gasteiger partial charge in [0.1, 0.15) is 6.33 Å². The lowest BCUT2D eigenvalue weighted by atomic mass is 10.1. The molecule has 1 N–H and O–H groups in total. The van der Waals surface area contributed by atoms with Gasteiger partial charge in [-0.25, -0.2) is 4.98 Å². The van der Waals surface area contributed by atoms with E-state index in [0.717, 1.165) is 19.6 Å². The number of thioether (sulfide) groups is 1. The first-order valence-electron chi connectivity index (χ1n) is 7.51. The topological polar surface area (TPSA) is 84.7 Å². The Hall–Kier alpha value is -1.90. The predicted molar refractivity (Wildman–Crippen MR) is 86.8 cm³/mol. The third kappa shape index (κ3) is 3.29. The van der Waals surface area contributed by atoms with Crippen LogP contribution in [0.5, 0.6) is 0 Å². The van der Waals surface area contributed by atoms with Gasteiger partial charge in [-0.2, -0.15) is 19.6 Å². The fraction of sp³-hybridized carbons (Fsp3) is 0.615. The van der Waals surface area contributed by atoms with Crippen LogP contribution in [0.2, 0.25) is 0 Å². The van der Waals surface area contributed by atoms with Crippen molar-refractivity contribution >= 4 is 23.7 Å². The lowest BCUT2D eigenvalue weighted by Gasteiger charge is -2.26. The molecule has 0 unspecified atom stereocenters. The molecule has 118 valence electrons. The third-order valence-electron chi connectivity index (χ3n) is 3.44. The van der Waals surface area contributed by atoms with E-state index in [0.29, 0.717) is 23.0 Å². The Morgan fingerprint density at radius 1 is 1.14 bits per heavy atom. The Kier molecular flexibility index (Phi) is 4.71. The summed E-state index contributed by atoms with van der Waals surface area (Å²) in [5.74, 6) is 1.79. The predicted octanol–water partition coefficient (Wildman–Crippen LogP) is 1.60. The molecule has 0 spiro atoms. The Labute approximate surface area is 133 Å². The van der Waals surface area contributed by atoms with Crippen LogP contribution in [-0.4, -0.2) is 55.6 Å². The maximum atomic E-state index is 4.57. The molecule has 22 heavy (non-hydrogen) atoms.